The van der Waals surface area contributed by atoms with E-state index in [4.69, 9.17) is 0 Å². The number of rotatable bonds is 1. The number of hydrogen-bond donors (Lipinski definition) is 0. The van der Waals surface area contributed by atoms with Crippen LogP contribution in [0.2, 0.25) is 0 Å². The zero-order valence-electron chi connectivity index (χ0n) is 11.8. The zero-order valence-corrected chi connectivity index (χ0v) is 12.7. The van der Waals surface area contributed by atoms with Crippen LogP contribution in [0.5, 0.6) is 0 Å². The molecule has 1 aromatic heterocycles. The Bertz CT molecular complexity index is 808. The fourth-order valence-corrected chi connectivity index (χ4v) is 4.42. The third kappa shape index (κ3) is 2.17. The number of hydrogen-bond acceptors (Lipinski definition) is 2. The van der Waals surface area contributed by atoms with Crippen LogP contribution in [0.25, 0.3) is 10.1 Å². The molecule has 0 N–H and O–H groups in total. The molecule has 1 unspecified atom stereocenters. The molecular formula is C18H16FNS. The summed E-state index contributed by atoms with van der Waals surface area (Å²) in [5, 5.41) is 1.01. The summed E-state index contributed by atoms with van der Waals surface area (Å²) < 4.78 is 14.7. The Morgan fingerprint density at radius 2 is 2.00 bits per heavy atom. The molecule has 1 aliphatic heterocycles. The Morgan fingerprint density at radius 3 is 2.86 bits per heavy atom. The third-order valence-corrected chi connectivity index (χ3v) is 5.50. The Hall–Kier alpha value is -1.71. The normalized spacial score (nSPS) is 18.9. The Labute approximate surface area is 127 Å². The molecule has 1 nitrogen and oxygen atoms in total. The third-order valence-electron chi connectivity index (χ3n) is 4.22. The van der Waals surface area contributed by atoms with Crippen LogP contribution in [0.4, 0.5) is 4.39 Å². The second kappa shape index (κ2) is 4.93. The molecule has 3 aromatic rings. The van der Waals surface area contributed by atoms with Gasteiger partial charge in [-0.3, -0.25) is 0 Å². The minimum absolute atomic E-state index is 0.110. The average Bonchev–Trinajstić information content (AvgIpc) is 2.92. The van der Waals surface area contributed by atoms with Crippen molar-refractivity contribution in [3.8, 4) is 0 Å². The number of fused-ring (bicyclic) bond motifs is 2. The summed E-state index contributed by atoms with van der Waals surface area (Å²) in [6.07, 6.45) is 0. The average molecular weight is 297 g/mol. The fraction of sp³-hybridized carbons (Fsp3) is 0.222. The van der Waals surface area contributed by atoms with Crippen molar-refractivity contribution in [2.45, 2.75) is 12.5 Å². The molecule has 21 heavy (non-hydrogen) atoms. The van der Waals surface area contributed by atoms with Crippen molar-refractivity contribution in [3.63, 3.8) is 0 Å². The van der Waals surface area contributed by atoms with E-state index in [2.05, 4.69) is 42.3 Å². The maximum absolute atomic E-state index is 13.9. The monoisotopic (exact) mass is 297 g/mol. The van der Waals surface area contributed by atoms with Gasteiger partial charge in [-0.15, -0.1) is 11.3 Å². The Balaban J connectivity index is 1.86. The molecule has 4 rings (SSSR count). The molecule has 0 spiro atoms. The van der Waals surface area contributed by atoms with Gasteiger partial charge in [-0.25, -0.2) is 4.39 Å². The van der Waals surface area contributed by atoms with Crippen molar-refractivity contribution < 1.29 is 4.39 Å². The summed E-state index contributed by atoms with van der Waals surface area (Å²) in [7, 11) is 2.15. The van der Waals surface area contributed by atoms with Gasteiger partial charge in [0.2, 0.25) is 0 Å². The highest BCUT2D eigenvalue weighted by atomic mass is 32.1. The van der Waals surface area contributed by atoms with E-state index in [1.54, 1.807) is 23.5 Å². The summed E-state index contributed by atoms with van der Waals surface area (Å²) in [6.45, 7) is 1.98. The lowest BCUT2D eigenvalue weighted by atomic mass is 9.89. The van der Waals surface area contributed by atoms with Crippen molar-refractivity contribution in [1.82, 2.24) is 4.90 Å². The first-order valence-electron chi connectivity index (χ1n) is 7.16. The summed E-state index contributed by atoms with van der Waals surface area (Å²) in [5.41, 5.74) is 2.77. The quantitative estimate of drug-likeness (QED) is 0.633. The van der Waals surface area contributed by atoms with Gasteiger partial charge in [0, 0.05) is 23.9 Å². The van der Waals surface area contributed by atoms with Gasteiger partial charge in [-0.2, -0.15) is 0 Å². The first-order chi connectivity index (χ1) is 10.2. The minimum atomic E-state index is -0.110. The van der Waals surface area contributed by atoms with Crippen LogP contribution in [0.15, 0.2) is 48.5 Å². The summed E-state index contributed by atoms with van der Waals surface area (Å²) in [5.74, 6) is 0.234. The summed E-state index contributed by atoms with van der Waals surface area (Å²) in [6, 6.07) is 16.1. The van der Waals surface area contributed by atoms with Crippen LogP contribution in [0.1, 0.15) is 21.9 Å². The number of benzene rings is 2. The van der Waals surface area contributed by atoms with Crippen molar-refractivity contribution >= 4 is 21.4 Å². The highest BCUT2D eigenvalue weighted by molar-refractivity contribution is 7.19. The van der Waals surface area contributed by atoms with E-state index in [9.17, 15) is 4.39 Å². The van der Waals surface area contributed by atoms with Gasteiger partial charge >= 0.3 is 0 Å². The molecule has 1 aliphatic rings. The smallest absolute Gasteiger partial charge is 0.140 e. The van der Waals surface area contributed by atoms with E-state index < -0.39 is 0 Å². The molecule has 0 amide bonds. The summed E-state index contributed by atoms with van der Waals surface area (Å²) >= 11 is 1.59. The molecule has 0 saturated carbocycles. The second-order valence-corrected chi connectivity index (χ2v) is 6.84. The number of thiophene rings is 1. The van der Waals surface area contributed by atoms with Gasteiger partial charge < -0.3 is 4.90 Å². The zero-order chi connectivity index (χ0) is 14.4. The standard InChI is InChI=1S/C18H16FNS/c1-20-10-13-5-2-3-7-14(13)15(11-20)17-9-12-6-4-8-16(19)18(12)21-17/h2-9,15H,10-11H2,1H3. The molecule has 1 atom stereocenters. The van der Waals surface area contributed by atoms with Gasteiger partial charge in [-0.1, -0.05) is 36.4 Å². The fourth-order valence-electron chi connectivity index (χ4n) is 3.25. The maximum atomic E-state index is 13.9. The van der Waals surface area contributed by atoms with Crippen molar-refractivity contribution in [3.05, 3.63) is 70.4 Å². The topological polar surface area (TPSA) is 3.24 Å². The number of halogens is 1. The molecule has 0 radical (unpaired) electrons. The van der Waals surface area contributed by atoms with Crippen LogP contribution in [-0.2, 0) is 6.54 Å². The lowest BCUT2D eigenvalue weighted by molar-refractivity contribution is 0.296. The molecule has 0 saturated heterocycles. The van der Waals surface area contributed by atoms with Crippen molar-refractivity contribution in [2.75, 3.05) is 13.6 Å². The van der Waals surface area contributed by atoms with E-state index in [0.29, 0.717) is 5.92 Å². The highest BCUT2D eigenvalue weighted by Gasteiger charge is 2.26. The van der Waals surface area contributed by atoms with Gasteiger partial charge in [0.15, 0.2) is 0 Å². The summed E-state index contributed by atoms with van der Waals surface area (Å²) in [4.78, 5) is 3.60. The van der Waals surface area contributed by atoms with E-state index >= 15 is 0 Å². The molecule has 0 bridgehead atoms. The predicted octanol–water partition coefficient (Wildman–Crippen LogP) is 4.62. The van der Waals surface area contributed by atoms with Gasteiger partial charge in [0.05, 0.1) is 4.70 Å². The lowest BCUT2D eigenvalue weighted by Crippen LogP contribution is -2.30. The molecule has 0 aliphatic carbocycles. The van der Waals surface area contributed by atoms with E-state index in [0.717, 1.165) is 23.2 Å². The Morgan fingerprint density at radius 1 is 1.14 bits per heavy atom. The lowest BCUT2D eigenvalue weighted by Gasteiger charge is -2.31. The van der Waals surface area contributed by atoms with Crippen LogP contribution < -0.4 is 0 Å². The minimum Gasteiger partial charge on any atom is -0.301 e. The van der Waals surface area contributed by atoms with Crippen LogP contribution in [0.3, 0.4) is 0 Å². The number of nitrogens with zero attached hydrogens (tertiary/aromatic N) is 1. The molecule has 2 aromatic carbocycles. The molecule has 106 valence electrons. The van der Waals surface area contributed by atoms with Gasteiger partial charge in [-0.05, 0) is 35.7 Å². The van der Waals surface area contributed by atoms with E-state index in [1.807, 2.05) is 6.07 Å². The second-order valence-electron chi connectivity index (χ2n) is 5.76. The Kier molecular flexibility index (Phi) is 3.05. The molecular weight excluding hydrogens is 281 g/mol. The van der Waals surface area contributed by atoms with Crippen LogP contribution >= 0.6 is 11.3 Å². The van der Waals surface area contributed by atoms with Crippen molar-refractivity contribution in [2.24, 2.45) is 0 Å². The van der Waals surface area contributed by atoms with Gasteiger partial charge in [0.1, 0.15) is 5.82 Å². The first kappa shape index (κ1) is 13.0. The molecule has 0 fully saturated rings. The maximum Gasteiger partial charge on any atom is 0.140 e. The van der Waals surface area contributed by atoms with Crippen LogP contribution in [0, 0.1) is 5.82 Å². The van der Waals surface area contributed by atoms with E-state index in [-0.39, 0.29) is 5.82 Å². The first-order valence-corrected chi connectivity index (χ1v) is 7.98. The van der Waals surface area contributed by atoms with Crippen molar-refractivity contribution in [1.29, 1.82) is 0 Å². The van der Waals surface area contributed by atoms with E-state index in [1.165, 1.54) is 16.0 Å². The molecule has 2 heterocycles. The van der Waals surface area contributed by atoms with Crippen LogP contribution in [-0.4, -0.2) is 18.5 Å². The highest BCUT2D eigenvalue weighted by Crippen LogP contribution is 2.39. The SMILES string of the molecule is CN1Cc2ccccc2C(c2cc3cccc(F)c3s2)C1. The predicted molar refractivity (Wildman–Crippen MR) is 86.4 cm³/mol. The largest absolute Gasteiger partial charge is 0.301 e. The number of likely N-dealkylation sites (N-methyl/N-ethyl adjacent to an activating group) is 1. The van der Waals surface area contributed by atoms with Gasteiger partial charge in [0.25, 0.3) is 0 Å². The molecule has 3 heteroatoms.